The van der Waals surface area contributed by atoms with E-state index in [-0.39, 0.29) is 24.0 Å². The number of halogens is 1. The zero-order chi connectivity index (χ0) is 19.1. The summed E-state index contributed by atoms with van der Waals surface area (Å²) in [6.07, 6.45) is 1.76. The van der Waals surface area contributed by atoms with Crippen LogP contribution in [0.15, 0.2) is 71.9 Å². The molecule has 0 radical (unpaired) electrons. The van der Waals surface area contributed by atoms with Gasteiger partial charge in [0.2, 0.25) is 0 Å². The van der Waals surface area contributed by atoms with Gasteiger partial charge in [-0.2, -0.15) is 0 Å². The van der Waals surface area contributed by atoms with Crippen molar-refractivity contribution in [3.05, 3.63) is 89.2 Å². The first kappa shape index (κ1) is 21.7. The monoisotopic (exact) mass is 488 g/mol. The van der Waals surface area contributed by atoms with Crippen LogP contribution in [0.5, 0.6) is 5.75 Å². The zero-order valence-electron chi connectivity index (χ0n) is 16.1. The minimum absolute atomic E-state index is 0. The fraction of sp³-hybridized carbons (Fsp3) is 0.182. The Balaban J connectivity index is 0.00000280. The van der Waals surface area contributed by atoms with Crippen molar-refractivity contribution < 1.29 is 4.74 Å². The van der Waals surface area contributed by atoms with Crippen LogP contribution < -0.4 is 15.8 Å². The number of aryl methyl sites for hydroxylation is 2. The summed E-state index contributed by atoms with van der Waals surface area (Å²) in [6.45, 7) is 5.11. The highest BCUT2D eigenvalue weighted by Crippen LogP contribution is 2.15. The first-order valence-electron chi connectivity index (χ1n) is 8.86. The molecule has 0 aliphatic carbocycles. The number of guanidine groups is 1. The molecule has 3 N–H and O–H groups in total. The average molecular weight is 488 g/mol. The molecule has 3 rings (SSSR count). The Morgan fingerprint density at radius 3 is 2.50 bits per heavy atom. The van der Waals surface area contributed by atoms with Crippen LogP contribution in [0.2, 0.25) is 0 Å². The minimum Gasteiger partial charge on any atom is -0.487 e. The molecule has 0 amide bonds. The Hall–Kier alpha value is -2.61. The number of ether oxygens (including phenoxy) is 1. The van der Waals surface area contributed by atoms with E-state index in [9.17, 15) is 0 Å². The largest absolute Gasteiger partial charge is 0.487 e. The molecule has 0 saturated carbocycles. The first-order chi connectivity index (χ1) is 13.1. The van der Waals surface area contributed by atoms with Crippen LogP contribution in [0, 0.1) is 13.8 Å². The summed E-state index contributed by atoms with van der Waals surface area (Å²) in [5, 5.41) is 3.13. The van der Waals surface area contributed by atoms with Gasteiger partial charge in [-0.25, -0.2) is 4.99 Å². The van der Waals surface area contributed by atoms with Gasteiger partial charge in [0.15, 0.2) is 5.96 Å². The lowest BCUT2D eigenvalue weighted by molar-refractivity contribution is 0.301. The Bertz CT molecular complexity index is 912. The van der Waals surface area contributed by atoms with Crippen molar-refractivity contribution >= 4 is 35.6 Å². The maximum atomic E-state index is 5.99. The van der Waals surface area contributed by atoms with E-state index in [0.29, 0.717) is 19.1 Å². The molecule has 3 aromatic rings. The van der Waals surface area contributed by atoms with Crippen LogP contribution in [0.1, 0.15) is 22.4 Å². The number of nitrogens with zero attached hydrogens (tertiary/aromatic N) is 2. The lowest BCUT2D eigenvalue weighted by Gasteiger charge is -2.08. The zero-order valence-corrected chi connectivity index (χ0v) is 18.4. The van der Waals surface area contributed by atoms with Gasteiger partial charge in [-0.15, -0.1) is 24.0 Å². The van der Waals surface area contributed by atoms with Crippen LogP contribution in [-0.2, 0) is 13.2 Å². The van der Waals surface area contributed by atoms with Gasteiger partial charge >= 0.3 is 0 Å². The van der Waals surface area contributed by atoms with Crippen LogP contribution in [0.25, 0.3) is 0 Å². The van der Waals surface area contributed by atoms with E-state index >= 15 is 0 Å². The normalized spacial score (nSPS) is 10.9. The fourth-order valence-electron chi connectivity index (χ4n) is 2.51. The molecule has 0 bridgehead atoms. The molecule has 1 aromatic heterocycles. The van der Waals surface area contributed by atoms with Crippen molar-refractivity contribution in [2.45, 2.75) is 27.0 Å². The third-order valence-corrected chi connectivity index (χ3v) is 4.25. The fourth-order valence-corrected chi connectivity index (χ4v) is 2.51. The smallest absolute Gasteiger partial charge is 0.193 e. The summed E-state index contributed by atoms with van der Waals surface area (Å²) in [7, 11) is 0. The lowest BCUT2D eigenvalue weighted by Crippen LogP contribution is -2.22. The third-order valence-electron chi connectivity index (χ3n) is 4.25. The van der Waals surface area contributed by atoms with Gasteiger partial charge < -0.3 is 15.8 Å². The van der Waals surface area contributed by atoms with Crippen LogP contribution in [0.4, 0.5) is 5.69 Å². The quantitative estimate of drug-likeness (QED) is 0.297. The van der Waals surface area contributed by atoms with Gasteiger partial charge in [-0.3, -0.25) is 4.98 Å². The molecule has 28 heavy (non-hydrogen) atoms. The summed E-state index contributed by atoms with van der Waals surface area (Å²) >= 11 is 0. The Morgan fingerprint density at radius 1 is 1.04 bits per heavy atom. The standard InChI is InChI=1S/C22H24N4O.HI/c1-16-6-9-19(13-17(16)2)26-22(23)25-14-18-7-10-21(11-8-18)27-15-20-5-3-4-12-24-20;/h3-13H,14-15H2,1-2H3,(H3,23,25,26);1H. The minimum atomic E-state index is 0. The molecular formula is C22H25IN4O. The number of aliphatic imine (C=N–C) groups is 1. The number of hydrogen-bond donors (Lipinski definition) is 2. The molecule has 5 nitrogen and oxygen atoms in total. The van der Waals surface area contributed by atoms with E-state index in [1.54, 1.807) is 6.20 Å². The molecule has 1 heterocycles. The molecule has 2 aromatic carbocycles. The van der Waals surface area contributed by atoms with E-state index in [2.05, 4.69) is 41.3 Å². The van der Waals surface area contributed by atoms with Crippen molar-refractivity contribution in [3.63, 3.8) is 0 Å². The van der Waals surface area contributed by atoms with Crippen molar-refractivity contribution in [2.24, 2.45) is 10.7 Å². The summed E-state index contributed by atoms with van der Waals surface area (Å²) in [5.41, 5.74) is 11.4. The molecule has 0 aliphatic heterocycles. The van der Waals surface area contributed by atoms with Gasteiger partial charge in [-0.05, 0) is 66.9 Å². The number of nitrogens with one attached hydrogen (secondary N) is 1. The molecule has 6 heteroatoms. The summed E-state index contributed by atoms with van der Waals surface area (Å²) < 4.78 is 5.74. The molecule has 146 valence electrons. The topological polar surface area (TPSA) is 72.5 Å². The Kier molecular flexibility index (Phi) is 8.25. The van der Waals surface area contributed by atoms with Gasteiger partial charge in [-0.1, -0.05) is 24.3 Å². The van der Waals surface area contributed by atoms with Gasteiger partial charge in [0.05, 0.1) is 12.2 Å². The third kappa shape index (κ3) is 6.53. The number of benzene rings is 2. The SMILES string of the molecule is Cc1ccc(NC(N)=NCc2ccc(OCc3ccccn3)cc2)cc1C.I. The van der Waals surface area contributed by atoms with Crippen molar-refractivity contribution in [1.29, 1.82) is 0 Å². The van der Waals surface area contributed by atoms with E-state index in [0.717, 1.165) is 22.7 Å². The number of rotatable bonds is 6. The number of pyridine rings is 1. The molecule has 0 atom stereocenters. The second-order valence-electron chi connectivity index (χ2n) is 6.38. The number of anilines is 1. The van der Waals surface area contributed by atoms with Crippen molar-refractivity contribution in [1.82, 2.24) is 4.98 Å². The summed E-state index contributed by atoms with van der Waals surface area (Å²) in [4.78, 5) is 8.64. The Labute approximate surface area is 183 Å². The number of hydrogen-bond acceptors (Lipinski definition) is 3. The van der Waals surface area contributed by atoms with Crippen LogP contribution in [0.3, 0.4) is 0 Å². The van der Waals surface area contributed by atoms with E-state index < -0.39 is 0 Å². The van der Waals surface area contributed by atoms with Crippen LogP contribution >= 0.6 is 24.0 Å². The highest BCUT2D eigenvalue weighted by Gasteiger charge is 2.00. The predicted molar refractivity (Wildman–Crippen MR) is 125 cm³/mol. The first-order valence-corrected chi connectivity index (χ1v) is 8.86. The molecule has 0 aliphatic rings. The van der Waals surface area contributed by atoms with Gasteiger partial charge in [0.1, 0.15) is 12.4 Å². The second-order valence-corrected chi connectivity index (χ2v) is 6.38. The van der Waals surface area contributed by atoms with Crippen molar-refractivity contribution in [2.75, 3.05) is 5.32 Å². The van der Waals surface area contributed by atoms with Crippen LogP contribution in [-0.4, -0.2) is 10.9 Å². The van der Waals surface area contributed by atoms with Gasteiger partial charge in [0.25, 0.3) is 0 Å². The number of aromatic nitrogens is 1. The predicted octanol–water partition coefficient (Wildman–Crippen LogP) is 4.82. The number of nitrogens with two attached hydrogens (primary N) is 1. The highest BCUT2D eigenvalue weighted by atomic mass is 127. The molecule has 0 saturated heterocycles. The van der Waals surface area contributed by atoms with E-state index in [1.165, 1.54) is 11.1 Å². The lowest BCUT2D eigenvalue weighted by atomic mass is 10.1. The van der Waals surface area contributed by atoms with E-state index in [4.69, 9.17) is 10.5 Å². The summed E-state index contributed by atoms with van der Waals surface area (Å²) in [5.74, 6) is 1.20. The molecule has 0 unspecified atom stereocenters. The maximum Gasteiger partial charge on any atom is 0.193 e. The maximum absolute atomic E-state index is 5.99. The molecule has 0 spiro atoms. The Morgan fingerprint density at radius 2 is 1.82 bits per heavy atom. The molecule has 0 fully saturated rings. The molecular weight excluding hydrogens is 463 g/mol. The second kappa shape index (κ2) is 10.7. The van der Waals surface area contributed by atoms with Crippen molar-refractivity contribution in [3.8, 4) is 5.75 Å². The van der Waals surface area contributed by atoms with E-state index in [1.807, 2.05) is 48.5 Å². The summed E-state index contributed by atoms with van der Waals surface area (Å²) in [6, 6.07) is 19.7. The average Bonchev–Trinajstić information content (AvgIpc) is 2.69. The van der Waals surface area contributed by atoms with Gasteiger partial charge in [0, 0.05) is 11.9 Å². The highest BCUT2D eigenvalue weighted by molar-refractivity contribution is 14.0.